The third kappa shape index (κ3) is 10.6. The van der Waals surface area contributed by atoms with Gasteiger partial charge in [0.2, 0.25) is 0 Å². The van der Waals surface area contributed by atoms with Gasteiger partial charge in [0.05, 0.1) is 0 Å². The van der Waals surface area contributed by atoms with Gasteiger partial charge in [-0.15, -0.1) is 23.3 Å². The molecule has 0 heterocycles. The predicted octanol–water partition coefficient (Wildman–Crippen LogP) is 12.5. The van der Waals surface area contributed by atoms with Crippen molar-refractivity contribution in [1.29, 1.82) is 0 Å². The van der Waals surface area contributed by atoms with Crippen molar-refractivity contribution in [3.63, 3.8) is 0 Å². The number of fused-ring (bicyclic) bond motifs is 6. The van der Waals surface area contributed by atoms with Crippen LogP contribution in [0.25, 0.3) is 43.1 Å². The molecule has 66 heavy (non-hydrogen) atoms. The zero-order valence-corrected chi connectivity index (χ0v) is 41.5. The fraction of sp³-hybridized carbons (Fsp3) is 0. The molecule has 0 atom stereocenters. The zero-order chi connectivity index (χ0) is 43.5. The van der Waals surface area contributed by atoms with Crippen LogP contribution in [-0.4, -0.2) is 0 Å². The van der Waals surface area contributed by atoms with Gasteiger partial charge in [-0.05, 0) is 93.0 Å². The first-order valence-electron chi connectivity index (χ1n) is 21.4. The van der Waals surface area contributed by atoms with Crippen molar-refractivity contribution in [3.05, 3.63) is 279 Å². The Kier molecular flexibility index (Phi) is 17.0. The Morgan fingerprint density at radius 3 is 0.818 bits per heavy atom. The maximum absolute atomic E-state index is 7.35. The first kappa shape index (κ1) is 47.9. The average Bonchev–Trinajstić information content (AvgIpc) is 3.38. The summed E-state index contributed by atoms with van der Waals surface area (Å²) >= 11 is 0. The normalized spacial score (nSPS) is 10.4. The van der Waals surface area contributed by atoms with Gasteiger partial charge in [-0.25, -0.2) is 0 Å². The summed E-state index contributed by atoms with van der Waals surface area (Å²) < 4.78 is 0. The van der Waals surface area contributed by atoms with Crippen molar-refractivity contribution in [3.8, 4) is 11.8 Å². The molecule has 11 aromatic rings. The molecular formula is C62H44AgAuP2+2. The van der Waals surface area contributed by atoms with Crippen LogP contribution < -0.4 is 31.8 Å². The minimum Gasteiger partial charge on any atom is -0.366 e. The second-order valence-corrected chi connectivity index (χ2v) is 20.3. The predicted molar refractivity (Wildman–Crippen MR) is 282 cm³/mol. The fourth-order valence-corrected chi connectivity index (χ4v) is 14.6. The van der Waals surface area contributed by atoms with Gasteiger partial charge in [0.15, 0.2) is 0 Å². The average molecular weight is 1160 g/mol. The Labute approximate surface area is 422 Å². The van der Waals surface area contributed by atoms with Crippen LogP contribution in [0.3, 0.4) is 0 Å². The first-order valence-corrected chi connectivity index (χ1v) is 24.4. The molecule has 0 spiro atoms. The number of benzene rings is 11. The number of hydrogen-bond acceptors (Lipinski definition) is 0. The van der Waals surface area contributed by atoms with Gasteiger partial charge in [0.1, 0.15) is 47.7 Å². The number of rotatable bonds is 6. The molecule has 4 heteroatoms. The summed E-state index contributed by atoms with van der Waals surface area (Å²) in [6.07, 6.45) is 14.7. The summed E-state index contributed by atoms with van der Waals surface area (Å²) in [5.41, 5.74) is 1.71. The van der Waals surface area contributed by atoms with E-state index in [0.717, 1.165) is 32.7 Å². The monoisotopic (exact) mass is 1150 g/mol. The molecular weight excluding hydrogens is 1110 g/mol. The van der Waals surface area contributed by atoms with Crippen molar-refractivity contribution in [2.75, 3.05) is 0 Å². The van der Waals surface area contributed by atoms with Crippen molar-refractivity contribution in [2.24, 2.45) is 0 Å². The largest absolute Gasteiger partial charge is 1.00 e. The molecule has 0 aliphatic rings. The quantitative estimate of drug-likeness (QED) is 0.0512. The van der Waals surface area contributed by atoms with E-state index in [9.17, 15) is 0 Å². The number of hydrogen-bond donors (Lipinski definition) is 0. The van der Waals surface area contributed by atoms with E-state index in [1.54, 1.807) is 0 Å². The molecule has 0 fully saturated rings. The third-order valence-electron chi connectivity index (χ3n) is 11.5. The Morgan fingerprint density at radius 1 is 0.273 bits per heavy atom. The minimum absolute atomic E-state index is 0. The summed E-state index contributed by atoms with van der Waals surface area (Å²) in [7, 11) is -2.28. The topological polar surface area (TPSA) is 0 Å². The van der Waals surface area contributed by atoms with Gasteiger partial charge in [-0.3, -0.25) is 11.8 Å². The second kappa shape index (κ2) is 23.4. The van der Waals surface area contributed by atoms with E-state index >= 15 is 0 Å². The molecule has 0 saturated carbocycles. The molecule has 0 aliphatic carbocycles. The van der Waals surface area contributed by atoms with Crippen molar-refractivity contribution in [1.82, 2.24) is 0 Å². The van der Waals surface area contributed by atoms with Gasteiger partial charge in [-0.1, -0.05) is 193 Å². The van der Waals surface area contributed by atoms with E-state index in [4.69, 9.17) is 12.8 Å². The van der Waals surface area contributed by atoms with E-state index in [1.807, 2.05) is 72.8 Å². The maximum Gasteiger partial charge on any atom is 1.00 e. The standard InChI is InChI=1S/C30H24P2.2C16H9.Ag.Au/c1-5-15-25(16-6-1)31(26-17-7-2-8-18-26)29-23-13-14-24-30(29)32(27-19-9-3-10-20-27)28-21-11-4-12-22-28;2*1-2-12-11-13-7-3-4-9-15(13)16-10-6-5-8-14(12)16;;/h1-24H;2*3-11H;;/q;2*-1;2*+1/p+2. The van der Waals surface area contributed by atoms with Gasteiger partial charge < -0.3 is 12.8 Å². The van der Waals surface area contributed by atoms with E-state index in [0.29, 0.717) is 0 Å². The molecule has 0 saturated heterocycles. The molecule has 11 aromatic carbocycles. The van der Waals surface area contributed by atoms with Crippen LogP contribution in [0.4, 0.5) is 0 Å². The SMILES string of the molecule is [Ag+].[Au+].[C-]#Cc1cc2ccccc2c2ccccc12.[C-]#Cc1cc2ccccc2c2ccccc12.c1ccc([PH+](c2ccccc2)c2ccccc2[PH+](c2ccccc2)c2ccccc2)cc1. The van der Waals surface area contributed by atoms with Crippen molar-refractivity contribution < 1.29 is 44.8 Å². The smallest absolute Gasteiger partial charge is 0.366 e. The summed E-state index contributed by atoms with van der Waals surface area (Å²) in [6, 6.07) is 90.3. The maximum atomic E-state index is 7.35. The minimum atomic E-state index is -1.14. The molecule has 0 aliphatic heterocycles. The molecule has 0 N–H and O–H groups in total. The van der Waals surface area contributed by atoms with Gasteiger partial charge in [0.25, 0.3) is 0 Å². The summed E-state index contributed by atoms with van der Waals surface area (Å²) in [5.74, 6) is 5.02. The van der Waals surface area contributed by atoms with Crippen LogP contribution in [0.5, 0.6) is 0 Å². The Bertz CT molecular complexity index is 3110. The first-order chi connectivity index (χ1) is 31.7. The zero-order valence-electron chi connectivity index (χ0n) is 35.9. The fourth-order valence-electron chi connectivity index (χ4n) is 8.61. The molecule has 0 unspecified atom stereocenters. The Hall–Kier alpha value is -6.08. The van der Waals surface area contributed by atoms with Crippen LogP contribution >= 0.6 is 15.8 Å². The molecule has 0 nitrogen and oxygen atoms in total. The van der Waals surface area contributed by atoms with Crippen LogP contribution in [0.1, 0.15) is 11.1 Å². The van der Waals surface area contributed by atoms with Gasteiger partial charge in [0, 0.05) is 0 Å². The Morgan fingerprint density at radius 2 is 0.515 bits per heavy atom. The van der Waals surface area contributed by atoms with Crippen LogP contribution in [0, 0.1) is 24.7 Å². The van der Waals surface area contributed by atoms with Crippen LogP contribution in [0.2, 0.25) is 0 Å². The molecule has 0 radical (unpaired) electrons. The Balaban J connectivity index is 0.000000160. The second-order valence-electron chi connectivity index (χ2n) is 15.4. The molecule has 0 amide bonds. The van der Waals surface area contributed by atoms with Crippen molar-refractivity contribution in [2.45, 2.75) is 0 Å². The summed E-state index contributed by atoms with van der Waals surface area (Å²) in [6.45, 7) is 0. The molecule has 11 rings (SSSR count). The summed E-state index contributed by atoms with van der Waals surface area (Å²) in [4.78, 5) is 0. The molecule has 0 bridgehead atoms. The van der Waals surface area contributed by atoms with Gasteiger partial charge in [-0.2, -0.15) is 0 Å². The molecule has 0 aromatic heterocycles. The third-order valence-corrected chi connectivity index (χ3v) is 17.4. The van der Waals surface area contributed by atoms with Crippen LogP contribution in [0.15, 0.2) is 255 Å². The van der Waals surface area contributed by atoms with Crippen molar-refractivity contribution >= 4 is 90.8 Å². The van der Waals surface area contributed by atoms with Gasteiger partial charge >= 0.3 is 44.8 Å². The van der Waals surface area contributed by atoms with E-state index < -0.39 is 15.8 Å². The van der Waals surface area contributed by atoms with E-state index in [1.165, 1.54) is 53.4 Å². The summed E-state index contributed by atoms with van der Waals surface area (Å²) in [5, 5.41) is 18.1. The van der Waals surface area contributed by atoms with Crippen LogP contribution in [-0.2, 0) is 44.8 Å². The molecule has 322 valence electrons. The van der Waals surface area contributed by atoms with E-state index in [-0.39, 0.29) is 44.8 Å². The van der Waals surface area contributed by atoms with E-state index in [2.05, 4.69) is 194 Å².